The molecule has 0 radical (unpaired) electrons. The molecule has 1 aliphatic rings. The van der Waals surface area contributed by atoms with Crippen LogP contribution in [0.5, 0.6) is 5.75 Å². The highest BCUT2D eigenvalue weighted by molar-refractivity contribution is 5.66. The number of hydrogen-bond acceptors (Lipinski definition) is 6. The second kappa shape index (κ2) is 15.8. The van der Waals surface area contributed by atoms with Crippen molar-refractivity contribution >= 4 is 17.6 Å². The quantitative estimate of drug-likeness (QED) is 0.127. The largest absolute Gasteiger partial charge is 0.490 e. The first-order chi connectivity index (χ1) is 23.4. The molecular weight excluding hydrogens is 683 g/mol. The summed E-state index contributed by atoms with van der Waals surface area (Å²) in [5.74, 6) is -2.12. The van der Waals surface area contributed by atoms with Crippen LogP contribution in [-0.4, -0.2) is 40.7 Å². The molecule has 0 aliphatic heterocycles. The Morgan fingerprint density at radius 3 is 2.02 bits per heavy atom. The molecule has 7 nitrogen and oxygen atoms in total. The van der Waals surface area contributed by atoms with E-state index >= 15 is 0 Å². The highest BCUT2D eigenvalue weighted by Crippen LogP contribution is 2.44. The van der Waals surface area contributed by atoms with Gasteiger partial charge in [0.05, 0.1) is 41.7 Å². The van der Waals surface area contributed by atoms with Gasteiger partial charge in [-0.15, -0.1) is 0 Å². The Morgan fingerprint density at radius 2 is 1.50 bits per heavy atom. The van der Waals surface area contributed by atoms with Gasteiger partial charge in [0.15, 0.2) is 5.75 Å². The van der Waals surface area contributed by atoms with Gasteiger partial charge in [-0.25, -0.2) is 9.97 Å². The van der Waals surface area contributed by atoms with Crippen molar-refractivity contribution in [3.63, 3.8) is 0 Å². The van der Waals surface area contributed by atoms with Crippen LogP contribution in [0.1, 0.15) is 92.1 Å². The van der Waals surface area contributed by atoms with E-state index in [1.165, 1.54) is 25.4 Å². The summed E-state index contributed by atoms with van der Waals surface area (Å²) in [7, 11) is 0. The lowest BCUT2D eigenvalue weighted by Gasteiger charge is -2.34. The topological polar surface area (TPSA) is 87.6 Å². The van der Waals surface area contributed by atoms with Crippen LogP contribution < -0.4 is 15.0 Å². The van der Waals surface area contributed by atoms with E-state index in [2.05, 4.69) is 15.3 Å². The first-order valence-corrected chi connectivity index (χ1v) is 16.1. The molecule has 1 aromatic heterocycles. The summed E-state index contributed by atoms with van der Waals surface area (Å²) >= 11 is 0. The number of anilines is 2. The average Bonchev–Trinajstić information content (AvgIpc) is 3.56. The van der Waals surface area contributed by atoms with E-state index in [4.69, 9.17) is 9.84 Å². The molecule has 2 aromatic carbocycles. The van der Waals surface area contributed by atoms with Gasteiger partial charge in [0.2, 0.25) is 5.95 Å². The number of alkyl halides is 9. The maximum atomic E-state index is 14.2. The second-order valence-electron chi connectivity index (χ2n) is 12.3. The molecule has 274 valence electrons. The molecule has 3 aromatic rings. The van der Waals surface area contributed by atoms with Gasteiger partial charge in [-0.1, -0.05) is 19.8 Å². The minimum absolute atomic E-state index is 0.00687. The molecule has 0 amide bonds. The Bertz CT molecular complexity index is 1560. The van der Waals surface area contributed by atoms with Crippen molar-refractivity contribution in [2.75, 3.05) is 29.9 Å². The molecular formula is C34H37F9N4O3. The summed E-state index contributed by atoms with van der Waals surface area (Å²) < 4.78 is 131. The number of ether oxygens (including phenoxy) is 1. The number of halogens is 9. The molecule has 1 heterocycles. The molecule has 1 aliphatic carbocycles. The monoisotopic (exact) mass is 720 g/mol. The smallest absolute Gasteiger partial charge is 0.416 e. The fourth-order valence-corrected chi connectivity index (χ4v) is 6.09. The van der Waals surface area contributed by atoms with E-state index in [1.807, 2.05) is 11.8 Å². The van der Waals surface area contributed by atoms with Crippen molar-refractivity contribution in [2.24, 2.45) is 5.92 Å². The van der Waals surface area contributed by atoms with Crippen LogP contribution in [0.2, 0.25) is 0 Å². The fourth-order valence-electron chi connectivity index (χ4n) is 6.09. The van der Waals surface area contributed by atoms with E-state index in [0.29, 0.717) is 30.9 Å². The molecule has 0 saturated heterocycles. The third-order valence-corrected chi connectivity index (χ3v) is 8.72. The van der Waals surface area contributed by atoms with Gasteiger partial charge >= 0.3 is 24.5 Å². The number of carbonyl (C=O) groups is 1. The third-order valence-electron chi connectivity index (χ3n) is 8.72. The second-order valence-corrected chi connectivity index (χ2v) is 12.3. The average molecular weight is 721 g/mol. The van der Waals surface area contributed by atoms with Crippen LogP contribution in [0.3, 0.4) is 0 Å². The standard InChI is InChI=1S/C34H37F9N4O3/c1-3-47(19-21-7-4-5-8-21)28-11-10-23(32(35,36)37)16-27(28)30(46-31-44-17-26(18-45-31)50-12-6-9-29(48)49)20(2)22-13-24(33(38,39)40)15-25(14-22)34(41,42)43/h10-11,13-18,20-21,30H,3-9,12,19H2,1-2H3,(H,48,49)(H,44,45,46). The van der Waals surface area contributed by atoms with Gasteiger partial charge in [-0.05, 0) is 79.6 Å². The number of aromatic nitrogens is 2. The molecule has 2 atom stereocenters. The molecule has 1 fully saturated rings. The molecule has 1 saturated carbocycles. The summed E-state index contributed by atoms with van der Waals surface area (Å²) in [5.41, 5.74) is -4.29. The Morgan fingerprint density at radius 1 is 0.920 bits per heavy atom. The Labute approximate surface area is 282 Å². The number of nitrogens with one attached hydrogen (secondary N) is 1. The van der Waals surface area contributed by atoms with E-state index in [1.54, 1.807) is 0 Å². The Kier molecular flexibility index (Phi) is 12.1. The molecule has 0 spiro atoms. The fraction of sp³-hybridized carbons (Fsp3) is 0.500. The zero-order chi connectivity index (χ0) is 36.9. The summed E-state index contributed by atoms with van der Waals surface area (Å²) in [6.07, 6.45) is -8.87. The Hall–Kier alpha value is -4.24. The number of aliphatic carboxylic acids is 1. The van der Waals surface area contributed by atoms with Gasteiger partial charge in [-0.2, -0.15) is 39.5 Å². The molecule has 2 N–H and O–H groups in total. The van der Waals surface area contributed by atoms with E-state index in [0.717, 1.165) is 37.8 Å². The molecule has 4 rings (SSSR count). The minimum atomic E-state index is -5.15. The lowest BCUT2D eigenvalue weighted by Crippen LogP contribution is -2.31. The van der Waals surface area contributed by atoms with E-state index in [-0.39, 0.29) is 48.7 Å². The predicted octanol–water partition coefficient (Wildman–Crippen LogP) is 9.75. The van der Waals surface area contributed by atoms with Crippen molar-refractivity contribution in [3.05, 3.63) is 76.6 Å². The lowest BCUT2D eigenvalue weighted by molar-refractivity contribution is -0.143. The van der Waals surface area contributed by atoms with E-state index < -0.39 is 58.7 Å². The molecule has 2 unspecified atom stereocenters. The van der Waals surface area contributed by atoms with Crippen LogP contribution in [0.15, 0.2) is 48.8 Å². The van der Waals surface area contributed by atoms with Gasteiger partial charge in [-0.3, -0.25) is 4.79 Å². The van der Waals surface area contributed by atoms with Crippen molar-refractivity contribution in [1.29, 1.82) is 0 Å². The van der Waals surface area contributed by atoms with Crippen LogP contribution in [-0.2, 0) is 23.3 Å². The summed E-state index contributed by atoms with van der Waals surface area (Å²) in [4.78, 5) is 20.9. The molecule has 16 heteroatoms. The third kappa shape index (κ3) is 10.2. The summed E-state index contributed by atoms with van der Waals surface area (Å²) in [5, 5.41) is 11.7. The van der Waals surface area contributed by atoms with Crippen molar-refractivity contribution in [3.8, 4) is 5.75 Å². The van der Waals surface area contributed by atoms with Crippen LogP contribution in [0.4, 0.5) is 51.1 Å². The predicted molar refractivity (Wildman–Crippen MR) is 167 cm³/mol. The number of hydrogen-bond donors (Lipinski definition) is 2. The SMILES string of the molecule is CCN(CC1CCCC1)c1ccc(C(F)(F)F)cc1C(Nc1ncc(OCCCC(=O)O)cn1)C(C)c1cc(C(F)(F)F)cc(C(F)(F)F)c1. The molecule has 0 bridgehead atoms. The molecule has 50 heavy (non-hydrogen) atoms. The van der Waals surface area contributed by atoms with Crippen LogP contribution >= 0.6 is 0 Å². The Balaban J connectivity index is 1.85. The number of benzene rings is 2. The normalized spacial score (nSPS) is 15.5. The maximum absolute atomic E-state index is 14.2. The first kappa shape index (κ1) is 38.6. The highest BCUT2D eigenvalue weighted by Gasteiger charge is 2.39. The van der Waals surface area contributed by atoms with Crippen molar-refractivity contribution in [1.82, 2.24) is 9.97 Å². The van der Waals surface area contributed by atoms with Crippen LogP contribution in [0, 0.1) is 5.92 Å². The van der Waals surface area contributed by atoms with Crippen molar-refractivity contribution < 1.29 is 54.2 Å². The lowest BCUT2D eigenvalue weighted by atomic mass is 9.85. The summed E-state index contributed by atoms with van der Waals surface area (Å²) in [6, 6.07) is 2.79. The zero-order valence-corrected chi connectivity index (χ0v) is 27.2. The highest BCUT2D eigenvalue weighted by atomic mass is 19.4. The first-order valence-electron chi connectivity index (χ1n) is 16.1. The van der Waals surface area contributed by atoms with Gasteiger partial charge in [0.25, 0.3) is 0 Å². The van der Waals surface area contributed by atoms with Gasteiger partial charge in [0.1, 0.15) is 0 Å². The van der Waals surface area contributed by atoms with Crippen molar-refractivity contribution in [2.45, 2.75) is 82.9 Å². The maximum Gasteiger partial charge on any atom is 0.416 e. The number of carboxylic acids is 1. The zero-order valence-electron chi connectivity index (χ0n) is 27.2. The summed E-state index contributed by atoms with van der Waals surface area (Å²) in [6.45, 7) is 4.00. The van der Waals surface area contributed by atoms with Gasteiger partial charge in [0, 0.05) is 31.1 Å². The van der Waals surface area contributed by atoms with E-state index in [9.17, 15) is 44.3 Å². The number of nitrogens with zero attached hydrogens (tertiary/aromatic N) is 3. The van der Waals surface area contributed by atoms with Crippen LogP contribution in [0.25, 0.3) is 0 Å². The number of carboxylic acid groups (broad SMARTS) is 1. The minimum Gasteiger partial charge on any atom is -0.490 e. The number of rotatable bonds is 14. The van der Waals surface area contributed by atoms with Gasteiger partial charge < -0.3 is 20.1 Å².